The molecule has 1 aliphatic rings. The van der Waals surface area contributed by atoms with Gasteiger partial charge in [0.1, 0.15) is 12.9 Å². The van der Waals surface area contributed by atoms with Crippen molar-refractivity contribution in [3.05, 3.63) is 29.8 Å². The standard InChI is InChI=1S/C12H16N4O/c1-17-16-8-10-4-2-3-5-11(10)15-9-12-13-6-7-14-12/h2-5,8,15H,6-7,9H2,1H3,(H,13,14). The van der Waals surface area contributed by atoms with Gasteiger partial charge in [0, 0.05) is 17.8 Å². The number of aliphatic imine (C=N–C) groups is 1. The number of nitrogens with zero attached hydrogens (tertiary/aromatic N) is 2. The summed E-state index contributed by atoms with van der Waals surface area (Å²) < 4.78 is 0. The Morgan fingerprint density at radius 3 is 3.18 bits per heavy atom. The molecule has 1 heterocycles. The predicted molar refractivity (Wildman–Crippen MR) is 69.8 cm³/mol. The summed E-state index contributed by atoms with van der Waals surface area (Å²) in [5, 5.41) is 10.3. The van der Waals surface area contributed by atoms with Crippen LogP contribution >= 0.6 is 0 Å². The lowest BCUT2D eigenvalue weighted by Crippen LogP contribution is -2.26. The number of hydrogen-bond donors (Lipinski definition) is 2. The highest BCUT2D eigenvalue weighted by Crippen LogP contribution is 2.12. The molecule has 0 spiro atoms. The zero-order valence-corrected chi connectivity index (χ0v) is 9.81. The van der Waals surface area contributed by atoms with E-state index in [1.807, 2.05) is 24.3 Å². The Balaban J connectivity index is 2.01. The van der Waals surface area contributed by atoms with E-state index in [1.54, 1.807) is 6.21 Å². The summed E-state index contributed by atoms with van der Waals surface area (Å²) in [6.45, 7) is 2.51. The molecule has 1 aromatic carbocycles. The van der Waals surface area contributed by atoms with Gasteiger partial charge in [-0.3, -0.25) is 4.99 Å². The highest BCUT2D eigenvalue weighted by molar-refractivity contribution is 5.91. The van der Waals surface area contributed by atoms with Crippen LogP contribution in [0.2, 0.25) is 0 Å². The largest absolute Gasteiger partial charge is 0.399 e. The van der Waals surface area contributed by atoms with Gasteiger partial charge in [-0.1, -0.05) is 23.4 Å². The Labute approximate surface area is 101 Å². The van der Waals surface area contributed by atoms with Gasteiger partial charge in [-0.2, -0.15) is 0 Å². The van der Waals surface area contributed by atoms with Crippen LogP contribution in [0.5, 0.6) is 0 Å². The molecule has 0 radical (unpaired) electrons. The molecule has 0 bridgehead atoms. The minimum Gasteiger partial charge on any atom is -0.399 e. The topological polar surface area (TPSA) is 58.0 Å². The van der Waals surface area contributed by atoms with E-state index in [1.165, 1.54) is 7.11 Å². The fraction of sp³-hybridized carbons (Fsp3) is 0.333. The van der Waals surface area contributed by atoms with Crippen molar-refractivity contribution in [1.82, 2.24) is 5.32 Å². The van der Waals surface area contributed by atoms with Crippen LogP contribution in [0.4, 0.5) is 5.69 Å². The van der Waals surface area contributed by atoms with E-state index in [-0.39, 0.29) is 0 Å². The van der Waals surface area contributed by atoms with Gasteiger partial charge in [-0.25, -0.2) is 0 Å². The van der Waals surface area contributed by atoms with Crippen LogP contribution in [0.25, 0.3) is 0 Å². The predicted octanol–water partition coefficient (Wildman–Crippen LogP) is 1.08. The molecule has 0 saturated heterocycles. The maximum absolute atomic E-state index is 4.68. The third-order valence-electron chi connectivity index (χ3n) is 2.45. The van der Waals surface area contributed by atoms with E-state index in [4.69, 9.17) is 0 Å². The third-order valence-corrected chi connectivity index (χ3v) is 2.45. The van der Waals surface area contributed by atoms with Gasteiger partial charge in [0.25, 0.3) is 0 Å². The fourth-order valence-electron chi connectivity index (χ4n) is 1.62. The monoisotopic (exact) mass is 232 g/mol. The lowest BCUT2D eigenvalue weighted by molar-refractivity contribution is 0.215. The number of hydrogen-bond acceptors (Lipinski definition) is 5. The van der Waals surface area contributed by atoms with Crippen molar-refractivity contribution in [2.45, 2.75) is 0 Å². The first kappa shape index (κ1) is 11.4. The maximum atomic E-state index is 4.68. The van der Waals surface area contributed by atoms with Gasteiger partial charge >= 0.3 is 0 Å². The summed E-state index contributed by atoms with van der Waals surface area (Å²) >= 11 is 0. The molecule has 0 aliphatic carbocycles. The molecule has 5 nitrogen and oxygen atoms in total. The Hall–Kier alpha value is -2.04. The van der Waals surface area contributed by atoms with Gasteiger partial charge in [0.15, 0.2) is 0 Å². The van der Waals surface area contributed by atoms with Crippen LogP contribution in [0, 0.1) is 0 Å². The summed E-state index contributed by atoms with van der Waals surface area (Å²) in [5.41, 5.74) is 2.01. The number of benzene rings is 1. The van der Waals surface area contributed by atoms with Crippen LogP contribution in [-0.2, 0) is 4.84 Å². The first-order valence-electron chi connectivity index (χ1n) is 5.57. The second kappa shape index (κ2) is 5.89. The molecule has 0 atom stereocenters. The molecule has 0 amide bonds. The molecule has 17 heavy (non-hydrogen) atoms. The molecule has 0 fully saturated rings. The molecule has 2 N–H and O–H groups in total. The van der Waals surface area contributed by atoms with Gasteiger partial charge < -0.3 is 15.5 Å². The number of para-hydroxylation sites is 1. The second-order valence-corrected chi connectivity index (χ2v) is 3.61. The van der Waals surface area contributed by atoms with Crippen LogP contribution in [0.15, 0.2) is 34.4 Å². The fourth-order valence-corrected chi connectivity index (χ4v) is 1.62. The van der Waals surface area contributed by atoms with E-state index in [9.17, 15) is 0 Å². The zero-order chi connectivity index (χ0) is 11.9. The summed E-state index contributed by atoms with van der Waals surface area (Å²) in [7, 11) is 1.53. The number of oxime groups is 1. The molecule has 1 aliphatic heterocycles. The Kier molecular flexibility index (Phi) is 3.96. The van der Waals surface area contributed by atoms with Crippen molar-refractivity contribution < 1.29 is 4.84 Å². The molecule has 5 heteroatoms. The highest BCUT2D eigenvalue weighted by atomic mass is 16.6. The van der Waals surface area contributed by atoms with E-state index < -0.39 is 0 Å². The van der Waals surface area contributed by atoms with E-state index in [2.05, 4.69) is 25.6 Å². The lowest BCUT2D eigenvalue weighted by Gasteiger charge is -2.09. The lowest BCUT2D eigenvalue weighted by atomic mass is 10.2. The molecular formula is C12H16N4O. The van der Waals surface area contributed by atoms with Crippen LogP contribution < -0.4 is 10.6 Å². The average Bonchev–Trinajstić information content (AvgIpc) is 2.88. The SMILES string of the molecule is CON=Cc1ccccc1NCC1=NCCN1. The average molecular weight is 232 g/mol. The van der Waals surface area contributed by atoms with Crippen molar-refractivity contribution in [3.63, 3.8) is 0 Å². The number of anilines is 1. The number of rotatable bonds is 5. The minimum absolute atomic E-state index is 0.706. The van der Waals surface area contributed by atoms with Gasteiger partial charge in [0.05, 0.1) is 19.3 Å². The van der Waals surface area contributed by atoms with Crippen LogP contribution in [-0.4, -0.2) is 38.8 Å². The van der Waals surface area contributed by atoms with Crippen molar-refractivity contribution in [2.75, 3.05) is 32.1 Å². The smallest absolute Gasteiger partial charge is 0.116 e. The molecule has 0 unspecified atom stereocenters. The first-order valence-corrected chi connectivity index (χ1v) is 5.57. The van der Waals surface area contributed by atoms with Gasteiger partial charge in [-0.15, -0.1) is 0 Å². The van der Waals surface area contributed by atoms with Crippen molar-refractivity contribution >= 4 is 17.7 Å². The van der Waals surface area contributed by atoms with E-state index in [0.29, 0.717) is 6.54 Å². The second-order valence-electron chi connectivity index (χ2n) is 3.61. The minimum atomic E-state index is 0.706. The summed E-state index contributed by atoms with van der Waals surface area (Å²) in [6, 6.07) is 7.94. The molecule has 0 saturated carbocycles. The number of amidine groups is 1. The molecule has 2 rings (SSSR count). The van der Waals surface area contributed by atoms with Gasteiger partial charge in [-0.05, 0) is 6.07 Å². The zero-order valence-electron chi connectivity index (χ0n) is 9.81. The van der Waals surface area contributed by atoms with Crippen molar-refractivity contribution in [1.29, 1.82) is 0 Å². The molecule has 0 aromatic heterocycles. The Bertz CT molecular complexity index is 428. The van der Waals surface area contributed by atoms with Gasteiger partial charge in [0.2, 0.25) is 0 Å². The molecule has 1 aromatic rings. The van der Waals surface area contributed by atoms with E-state index >= 15 is 0 Å². The quantitative estimate of drug-likeness (QED) is 0.590. The normalized spacial score (nSPS) is 14.5. The molecular weight excluding hydrogens is 216 g/mol. The maximum Gasteiger partial charge on any atom is 0.116 e. The summed E-state index contributed by atoms with van der Waals surface area (Å²) in [6.07, 6.45) is 1.69. The molecule has 90 valence electrons. The van der Waals surface area contributed by atoms with Crippen molar-refractivity contribution in [3.8, 4) is 0 Å². The Morgan fingerprint density at radius 1 is 1.53 bits per heavy atom. The third kappa shape index (κ3) is 3.21. The van der Waals surface area contributed by atoms with E-state index in [0.717, 1.165) is 30.2 Å². The summed E-state index contributed by atoms with van der Waals surface area (Å²) in [5.74, 6) is 1.00. The summed E-state index contributed by atoms with van der Waals surface area (Å²) in [4.78, 5) is 9.01. The van der Waals surface area contributed by atoms with Crippen molar-refractivity contribution in [2.24, 2.45) is 10.1 Å². The first-order chi connectivity index (χ1) is 8.40. The van der Waals surface area contributed by atoms with Crippen LogP contribution in [0.3, 0.4) is 0 Å². The van der Waals surface area contributed by atoms with Crippen LogP contribution in [0.1, 0.15) is 5.56 Å². The highest BCUT2D eigenvalue weighted by Gasteiger charge is 2.05. The Morgan fingerprint density at radius 2 is 2.41 bits per heavy atom. The number of nitrogens with one attached hydrogen (secondary N) is 2.